The number of halogens is 1. The SMILES string of the molecule is COCCOn1c(=O)c(-c2ccccc2Cl)cc2cnc(Nc3ccccc3)nc21. The van der Waals surface area contributed by atoms with Gasteiger partial charge in [0.1, 0.15) is 6.61 Å². The Hall–Kier alpha value is -3.42. The number of ether oxygens (including phenoxy) is 1. The molecule has 2 aromatic heterocycles. The minimum atomic E-state index is -0.365. The maximum absolute atomic E-state index is 13.3. The van der Waals surface area contributed by atoms with Crippen LogP contribution in [0.2, 0.25) is 5.02 Å². The van der Waals surface area contributed by atoms with E-state index >= 15 is 0 Å². The van der Waals surface area contributed by atoms with E-state index in [1.54, 1.807) is 31.5 Å². The first-order valence-corrected chi connectivity index (χ1v) is 9.67. The third-order valence-corrected chi connectivity index (χ3v) is 4.73. The second kappa shape index (κ2) is 8.94. The smallest absolute Gasteiger partial charge is 0.293 e. The molecule has 0 saturated carbocycles. The molecule has 0 aliphatic carbocycles. The van der Waals surface area contributed by atoms with E-state index in [4.69, 9.17) is 21.2 Å². The van der Waals surface area contributed by atoms with E-state index in [1.165, 1.54) is 4.73 Å². The maximum Gasteiger partial charge on any atom is 0.293 e. The Morgan fingerprint density at radius 2 is 1.80 bits per heavy atom. The molecule has 0 amide bonds. The molecule has 0 bridgehead atoms. The number of rotatable bonds is 7. The molecule has 1 N–H and O–H groups in total. The second-order valence-corrected chi connectivity index (χ2v) is 6.83. The molecular weight excluding hydrogens is 404 g/mol. The van der Waals surface area contributed by atoms with Gasteiger partial charge < -0.3 is 14.9 Å². The van der Waals surface area contributed by atoms with Crippen LogP contribution in [0.25, 0.3) is 22.2 Å². The van der Waals surface area contributed by atoms with Gasteiger partial charge in [0.15, 0.2) is 5.65 Å². The summed E-state index contributed by atoms with van der Waals surface area (Å²) in [6.45, 7) is 0.507. The van der Waals surface area contributed by atoms with Crippen molar-refractivity contribution >= 4 is 34.3 Å². The van der Waals surface area contributed by atoms with Crippen LogP contribution in [0.1, 0.15) is 0 Å². The van der Waals surface area contributed by atoms with Crippen molar-refractivity contribution in [2.24, 2.45) is 0 Å². The minimum Gasteiger partial charge on any atom is -0.406 e. The molecule has 30 heavy (non-hydrogen) atoms. The van der Waals surface area contributed by atoms with Gasteiger partial charge in [-0.15, -0.1) is 4.73 Å². The van der Waals surface area contributed by atoms with Gasteiger partial charge >= 0.3 is 0 Å². The zero-order valence-corrected chi connectivity index (χ0v) is 17.0. The number of hydrogen-bond acceptors (Lipinski definition) is 6. The molecule has 7 nitrogen and oxygen atoms in total. The van der Waals surface area contributed by atoms with Crippen LogP contribution < -0.4 is 15.7 Å². The van der Waals surface area contributed by atoms with Crippen molar-refractivity contribution in [3.05, 3.63) is 82.2 Å². The number of fused-ring (bicyclic) bond motifs is 1. The van der Waals surface area contributed by atoms with E-state index in [2.05, 4.69) is 15.3 Å². The number of benzene rings is 2. The molecule has 8 heteroatoms. The topological polar surface area (TPSA) is 78.3 Å². The summed E-state index contributed by atoms with van der Waals surface area (Å²) < 4.78 is 6.22. The van der Waals surface area contributed by atoms with Gasteiger partial charge in [0, 0.05) is 35.0 Å². The summed E-state index contributed by atoms with van der Waals surface area (Å²) in [4.78, 5) is 27.9. The van der Waals surface area contributed by atoms with Gasteiger partial charge in [-0.25, -0.2) is 4.98 Å². The van der Waals surface area contributed by atoms with Crippen LogP contribution in [0.15, 0.2) is 71.7 Å². The molecule has 152 valence electrons. The maximum atomic E-state index is 13.3. The number of hydrogen-bond donors (Lipinski definition) is 1. The Morgan fingerprint density at radius 1 is 1.03 bits per heavy atom. The van der Waals surface area contributed by atoms with Crippen LogP contribution >= 0.6 is 11.6 Å². The van der Waals surface area contributed by atoms with Crippen LogP contribution in [-0.4, -0.2) is 35.0 Å². The van der Waals surface area contributed by atoms with Crippen molar-refractivity contribution in [3.8, 4) is 11.1 Å². The van der Waals surface area contributed by atoms with Crippen LogP contribution in [0.5, 0.6) is 0 Å². The molecule has 0 spiro atoms. The van der Waals surface area contributed by atoms with E-state index in [9.17, 15) is 4.79 Å². The number of anilines is 2. The van der Waals surface area contributed by atoms with Crippen molar-refractivity contribution in [1.29, 1.82) is 0 Å². The average Bonchev–Trinajstić information content (AvgIpc) is 2.76. The van der Waals surface area contributed by atoms with Crippen LogP contribution in [0.3, 0.4) is 0 Å². The largest absolute Gasteiger partial charge is 0.406 e. The second-order valence-electron chi connectivity index (χ2n) is 6.43. The highest BCUT2D eigenvalue weighted by molar-refractivity contribution is 6.33. The Balaban J connectivity index is 1.84. The summed E-state index contributed by atoms with van der Waals surface area (Å²) in [6, 6.07) is 18.4. The molecule has 0 radical (unpaired) electrons. The lowest BCUT2D eigenvalue weighted by atomic mass is 10.1. The standard InChI is InChI=1S/C22H19ClN4O3/c1-29-11-12-30-27-20-15(13-18(21(27)28)17-9-5-6-10-19(17)23)14-24-22(26-20)25-16-7-3-2-4-8-16/h2-10,13-14H,11-12H2,1H3,(H,24,25,26). The molecule has 4 rings (SSSR count). The molecule has 0 atom stereocenters. The first-order valence-electron chi connectivity index (χ1n) is 9.29. The van der Waals surface area contributed by atoms with Gasteiger partial charge in [-0.3, -0.25) is 4.79 Å². The summed E-state index contributed by atoms with van der Waals surface area (Å²) in [7, 11) is 1.56. The number of aromatic nitrogens is 3. The summed E-state index contributed by atoms with van der Waals surface area (Å²) in [5.41, 5.74) is 1.83. The Kier molecular flexibility index (Phi) is 5.92. The Bertz CT molecular complexity index is 1230. The molecular formula is C22H19ClN4O3. The number of nitrogens with one attached hydrogen (secondary N) is 1. The molecule has 0 aliphatic rings. The lowest BCUT2D eigenvalue weighted by molar-refractivity contribution is 0.0584. The van der Waals surface area contributed by atoms with Crippen molar-refractivity contribution in [2.45, 2.75) is 0 Å². The monoisotopic (exact) mass is 422 g/mol. The predicted molar refractivity (Wildman–Crippen MR) is 117 cm³/mol. The first kappa shape index (κ1) is 19.9. The van der Waals surface area contributed by atoms with E-state index < -0.39 is 0 Å². The Morgan fingerprint density at radius 3 is 2.57 bits per heavy atom. The summed E-state index contributed by atoms with van der Waals surface area (Å²) in [6.07, 6.45) is 1.64. The fourth-order valence-corrected chi connectivity index (χ4v) is 3.22. The van der Waals surface area contributed by atoms with Gasteiger partial charge in [0.25, 0.3) is 5.56 Å². The summed E-state index contributed by atoms with van der Waals surface area (Å²) in [5, 5.41) is 4.24. The van der Waals surface area contributed by atoms with Gasteiger partial charge in [-0.1, -0.05) is 48.0 Å². The lowest BCUT2D eigenvalue weighted by Gasteiger charge is -2.14. The quantitative estimate of drug-likeness (QED) is 0.455. The van der Waals surface area contributed by atoms with Crippen molar-refractivity contribution in [3.63, 3.8) is 0 Å². The summed E-state index contributed by atoms with van der Waals surface area (Å²) >= 11 is 6.33. The van der Waals surface area contributed by atoms with Gasteiger partial charge in [0.2, 0.25) is 5.95 Å². The van der Waals surface area contributed by atoms with Gasteiger partial charge in [-0.05, 0) is 24.3 Å². The number of para-hydroxylation sites is 1. The number of methoxy groups -OCH3 is 1. The highest BCUT2D eigenvalue weighted by atomic mass is 35.5. The fraction of sp³-hybridized carbons (Fsp3) is 0.136. The molecule has 2 aromatic carbocycles. The van der Waals surface area contributed by atoms with Crippen LogP contribution in [0, 0.1) is 0 Å². The lowest BCUT2D eigenvalue weighted by Crippen LogP contribution is -2.31. The minimum absolute atomic E-state index is 0.183. The number of nitrogens with zero attached hydrogens (tertiary/aromatic N) is 3. The molecule has 4 aromatic rings. The normalized spacial score (nSPS) is 10.9. The van der Waals surface area contributed by atoms with Crippen molar-refractivity contribution in [2.75, 3.05) is 25.6 Å². The molecule has 2 heterocycles. The zero-order chi connectivity index (χ0) is 20.9. The third-order valence-electron chi connectivity index (χ3n) is 4.40. The molecule has 0 saturated heterocycles. The highest BCUT2D eigenvalue weighted by Gasteiger charge is 2.16. The summed E-state index contributed by atoms with van der Waals surface area (Å²) in [5.74, 6) is 0.350. The fourth-order valence-electron chi connectivity index (χ4n) is 2.98. The van der Waals surface area contributed by atoms with E-state index in [0.717, 1.165) is 5.69 Å². The molecule has 0 unspecified atom stereocenters. The van der Waals surface area contributed by atoms with Crippen LogP contribution in [-0.2, 0) is 4.74 Å². The van der Waals surface area contributed by atoms with E-state index in [1.807, 2.05) is 42.5 Å². The highest BCUT2D eigenvalue weighted by Crippen LogP contribution is 2.27. The van der Waals surface area contributed by atoms with Crippen molar-refractivity contribution < 1.29 is 9.57 Å². The number of pyridine rings is 1. The van der Waals surface area contributed by atoms with Crippen LogP contribution in [0.4, 0.5) is 11.6 Å². The van der Waals surface area contributed by atoms with Gasteiger partial charge in [-0.2, -0.15) is 4.98 Å². The van der Waals surface area contributed by atoms with Crippen molar-refractivity contribution in [1.82, 2.24) is 14.7 Å². The predicted octanol–water partition coefficient (Wildman–Crippen LogP) is 3.93. The zero-order valence-electron chi connectivity index (χ0n) is 16.2. The molecule has 0 aliphatic heterocycles. The average molecular weight is 423 g/mol. The Labute approximate surface area is 177 Å². The van der Waals surface area contributed by atoms with E-state index in [0.29, 0.717) is 39.7 Å². The third kappa shape index (κ3) is 4.12. The van der Waals surface area contributed by atoms with Gasteiger partial charge in [0.05, 0.1) is 12.2 Å². The molecule has 0 fully saturated rings. The van der Waals surface area contributed by atoms with E-state index in [-0.39, 0.29) is 12.2 Å². The first-order chi connectivity index (χ1) is 14.7.